The van der Waals surface area contributed by atoms with E-state index in [1.54, 1.807) is 52.8 Å². The van der Waals surface area contributed by atoms with E-state index in [0.29, 0.717) is 40.2 Å². The van der Waals surface area contributed by atoms with Crippen molar-refractivity contribution in [1.29, 1.82) is 0 Å². The fourth-order valence-corrected chi connectivity index (χ4v) is 9.54. The molecule has 0 spiro atoms. The summed E-state index contributed by atoms with van der Waals surface area (Å²) in [7, 11) is 4.84. The first-order valence-electron chi connectivity index (χ1n) is 17.3. The first-order chi connectivity index (χ1) is 25.2. The maximum absolute atomic E-state index is 13.7. The molecule has 5 aliphatic rings. The predicted molar refractivity (Wildman–Crippen MR) is 184 cm³/mol. The highest BCUT2D eigenvalue weighted by Crippen LogP contribution is 2.56. The lowest BCUT2D eigenvalue weighted by Gasteiger charge is -2.47. The number of ether oxygens (including phenoxy) is 9. The number of cyclic esters (lactones) is 1. The van der Waals surface area contributed by atoms with Crippen LogP contribution in [0.25, 0.3) is 0 Å². The van der Waals surface area contributed by atoms with Crippen molar-refractivity contribution in [3.63, 3.8) is 0 Å². The van der Waals surface area contributed by atoms with Gasteiger partial charge in [-0.2, -0.15) is 0 Å². The highest BCUT2D eigenvalue weighted by molar-refractivity contribution is 8.76. The molecule has 4 aliphatic heterocycles. The van der Waals surface area contributed by atoms with Crippen molar-refractivity contribution in [3.8, 4) is 23.0 Å². The highest BCUT2D eigenvalue weighted by Gasteiger charge is 2.56. The molecule has 3 fully saturated rings. The van der Waals surface area contributed by atoms with E-state index in [1.807, 2.05) is 0 Å². The van der Waals surface area contributed by atoms with Crippen LogP contribution in [0, 0.1) is 11.8 Å². The molecule has 284 valence electrons. The monoisotopic (exact) mass is 766 g/mol. The molecule has 1 aliphatic carbocycles. The van der Waals surface area contributed by atoms with E-state index in [1.165, 1.54) is 7.11 Å². The van der Waals surface area contributed by atoms with Crippen LogP contribution in [-0.4, -0.2) is 109 Å². The van der Waals surface area contributed by atoms with Crippen LogP contribution in [0.5, 0.6) is 23.0 Å². The maximum Gasteiger partial charge on any atom is 0.311 e. The number of benzene rings is 2. The number of methoxy groups -OCH3 is 1. The molecule has 2 aromatic carbocycles. The number of fused-ring (bicyclic) bond motifs is 4. The molecule has 15 nitrogen and oxygen atoms in total. The van der Waals surface area contributed by atoms with Gasteiger partial charge in [0.05, 0.1) is 51.2 Å². The lowest BCUT2D eigenvalue weighted by atomic mass is 9.66. The van der Waals surface area contributed by atoms with Crippen LogP contribution in [-0.2, 0) is 39.9 Å². The SMILES string of the molecule is COc1cc([C@@H]2c3cc4c(cc3[C@@H](OC3OC5COC(C)OC5C(O)C3O)[C@H]3COC(=O)[C@H]23)OCO4)cc(CO)c1OC(=O)CCCSSCC[NH3+]. The summed E-state index contributed by atoms with van der Waals surface area (Å²) in [6.45, 7) is 2.19. The number of carbonyl (C=O) groups is 2. The van der Waals surface area contributed by atoms with Gasteiger partial charge < -0.3 is 63.7 Å². The summed E-state index contributed by atoms with van der Waals surface area (Å²) in [5.41, 5.74) is 6.02. The second-order valence-electron chi connectivity index (χ2n) is 13.2. The summed E-state index contributed by atoms with van der Waals surface area (Å²) in [6, 6.07) is 6.98. The second kappa shape index (κ2) is 16.3. The van der Waals surface area contributed by atoms with Crippen LogP contribution < -0.4 is 24.7 Å². The fraction of sp³-hybridized carbons (Fsp3) is 0.600. The van der Waals surface area contributed by atoms with Gasteiger partial charge in [-0.3, -0.25) is 9.59 Å². The Morgan fingerprint density at radius 3 is 2.52 bits per heavy atom. The van der Waals surface area contributed by atoms with Crippen molar-refractivity contribution in [3.05, 3.63) is 46.5 Å². The summed E-state index contributed by atoms with van der Waals surface area (Å²) in [4.78, 5) is 26.5. The van der Waals surface area contributed by atoms with E-state index in [-0.39, 0.29) is 37.9 Å². The smallest absolute Gasteiger partial charge is 0.311 e. The second-order valence-corrected chi connectivity index (χ2v) is 15.9. The van der Waals surface area contributed by atoms with Gasteiger partial charge in [0.2, 0.25) is 6.79 Å². The minimum Gasteiger partial charge on any atom is -0.493 e. The van der Waals surface area contributed by atoms with Gasteiger partial charge in [-0.1, -0.05) is 21.6 Å². The minimum atomic E-state index is -1.47. The van der Waals surface area contributed by atoms with Crippen molar-refractivity contribution >= 4 is 33.5 Å². The zero-order valence-corrected chi connectivity index (χ0v) is 30.4. The van der Waals surface area contributed by atoms with Crippen LogP contribution in [0.1, 0.15) is 54.0 Å². The molecule has 6 N–H and O–H groups in total. The van der Waals surface area contributed by atoms with Gasteiger partial charge in [-0.05, 0) is 54.3 Å². The summed E-state index contributed by atoms with van der Waals surface area (Å²) in [5.74, 6) is 0.0534. The average Bonchev–Trinajstić information content (AvgIpc) is 3.77. The maximum atomic E-state index is 13.7. The minimum absolute atomic E-state index is 0.00224. The molecular formula is C35H44NO14S2+. The number of aliphatic hydroxyl groups is 3. The molecule has 17 heteroatoms. The number of hydrogen-bond acceptors (Lipinski definition) is 16. The molecule has 3 saturated heterocycles. The Kier molecular flexibility index (Phi) is 11.7. The van der Waals surface area contributed by atoms with E-state index >= 15 is 0 Å². The number of quaternary nitrogens is 1. The average molecular weight is 767 g/mol. The summed E-state index contributed by atoms with van der Waals surface area (Å²) in [5, 5.41) is 32.7. The highest BCUT2D eigenvalue weighted by atomic mass is 33.1. The van der Waals surface area contributed by atoms with Gasteiger partial charge in [0.1, 0.15) is 24.4 Å². The van der Waals surface area contributed by atoms with Crippen LogP contribution in [0.4, 0.5) is 0 Å². The molecule has 0 bridgehead atoms. The number of rotatable bonds is 13. The zero-order chi connectivity index (χ0) is 36.5. The summed E-state index contributed by atoms with van der Waals surface area (Å²) < 4.78 is 52.6. The Bertz CT molecular complexity index is 1600. The summed E-state index contributed by atoms with van der Waals surface area (Å²) in [6.07, 6.45) is -6.23. The van der Waals surface area contributed by atoms with Crippen LogP contribution in [0.3, 0.4) is 0 Å². The van der Waals surface area contributed by atoms with Crippen molar-refractivity contribution < 1.29 is 73.3 Å². The Morgan fingerprint density at radius 1 is 1.00 bits per heavy atom. The van der Waals surface area contributed by atoms with Gasteiger partial charge in [-0.25, -0.2) is 0 Å². The van der Waals surface area contributed by atoms with Crippen molar-refractivity contribution in [2.24, 2.45) is 11.8 Å². The Hall–Kier alpha value is -2.84. The van der Waals surface area contributed by atoms with Crippen molar-refractivity contribution in [2.75, 3.05) is 45.2 Å². The number of carbonyl (C=O) groups excluding carboxylic acids is 2. The molecule has 2 aromatic rings. The number of aliphatic hydroxyl groups excluding tert-OH is 3. The van der Waals surface area contributed by atoms with Gasteiger partial charge in [0.15, 0.2) is 35.6 Å². The first-order valence-corrected chi connectivity index (χ1v) is 19.8. The number of esters is 2. The van der Waals surface area contributed by atoms with E-state index in [2.05, 4.69) is 5.73 Å². The van der Waals surface area contributed by atoms with E-state index in [0.717, 1.165) is 18.1 Å². The fourth-order valence-electron chi connectivity index (χ4n) is 7.51. The molecule has 0 amide bonds. The molecular weight excluding hydrogens is 723 g/mol. The quantitative estimate of drug-likeness (QED) is 0.0985. The van der Waals surface area contributed by atoms with Gasteiger partial charge >= 0.3 is 11.9 Å². The molecule has 52 heavy (non-hydrogen) atoms. The Labute approximate surface area is 308 Å². The molecule has 4 heterocycles. The van der Waals surface area contributed by atoms with E-state index in [4.69, 9.17) is 42.6 Å². The predicted octanol–water partition coefficient (Wildman–Crippen LogP) is 1.43. The standard InChI is InChI=1S/C35H43NO14S2/c1-16-43-14-25-33(47-16)29(39)30(40)35(48-25)50-32-20-11-23-22(45-15-46-23)10-19(20)27(28-21(32)13-44-34(28)41)17-8-18(12-37)31(24(9-17)42-2)49-26(38)4-3-6-51-52-7-5-36/h8-11,16,21,25,27-30,32-33,35,37,39-40H,3-7,12-15,36H2,1-2H3/p+1/t16?,21-,25?,27+,28-,29?,30?,32+,33?,35?/m0/s1. The lowest BCUT2D eigenvalue weighted by molar-refractivity contribution is -0.364. The molecule has 0 radical (unpaired) electrons. The van der Waals surface area contributed by atoms with Gasteiger partial charge in [0.25, 0.3) is 0 Å². The first kappa shape index (κ1) is 37.5. The Balaban J connectivity index is 1.21. The normalized spacial score (nSPS) is 31.7. The third-order valence-corrected chi connectivity index (χ3v) is 12.5. The largest absolute Gasteiger partial charge is 0.493 e. The van der Waals surface area contributed by atoms with E-state index in [9.17, 15) is 24.9 Å². The van der Waals surface area contributed by atoms with Gasteiger partial charge in [0, 0.05) is 29.6 Å². The van der Waals surface area contributed by atoms with E-state index < -0.39 is 79.4 Å². The van der Waals surface area contributed by atoms with Crippen LogP contribution >= 0.6 is 21.6 Å². The third-order valence-electron chi connectivity index (χ3n) is 9.92. The third kappa shape index (κ3) is 7.32. The molecule has 0 saturated carbocycles. The summed E-state index contributed by atoms with van der Waals surface area (Å²) >= 11 is 0. The van der Waals surface area contributed by atoms with Gasteiger partial charge in [-0.15, -0.1) is 0 Å². The Morgan fingerprint density at radius 2 is 1.77 bits per heavy atom. The van der Waals surface area contributed by atoms with Crippen LogP contribution in [0.2, 0.25) is 0 Å². The molecule has 0 aromatic heterocycles. The van der Waals surface area contributed by atoms with Crippen molar-refractivity contribution in [1.82, 2.24) is 0 Å². The molecule has 10 atom stereocenters. The number of hydrogen-bond donors (Lipinski definition) is 4. The molecule has 6 unspecified atom stereocenters. The lowest BCUT2D eigenvalue weighted by Crippen LogP contribution is -2.63. The molecule has 7 rings (SSSR count). The van der Waals surface area contributed by atoms with Crippen molar-refractivity contribution in [2.45, 2.75) is 75.4 Å². The topological polar surface area (TPSA) is 206 Å². The van der Waals surface area contributed by atoms with Crippen LogP contribution in [0.15, 0.2) is 24.3 Å². The zero-order valence-electron chi connectivity index (χ0n) is 28.8.